The lowest BCUT2D eigenvalue weighted by atomic mass is 10.2. The highest BCUT2D eigenvalue weighted by Gasteiger charge is 2.10. The summed E-state index contributed by atoms with van der Waals surface area (Å²) in [5.74, 6) is 0.498. The lowest BCUT2D eigenvalue weighted by Gasteiger charge is -2.02. The van der Waals surface area contributed by atoms with Crippen LogP contribution >= 0.6 is 15.9 Å². The highest BCUT2D eigenvalue weighted by atomic mass is 79.9. The number of aliphatic hydroxyl groups excluding tert-OH is 1. The largest absolute Gasteiger partial charge is 0.384 e. The molecule has 0 fully saturated rings. The molecule has 0 aliphatic heterocycles. The Morgan fingerprint density at radius 3 is 3.00 bits per heavy atom. The van der Waals surface area contributed by atoms with Crippen molar-refractivity contribution in [3.05, 3.63) is 40.8 Å². The maximum atomic E-state index is 9.52. The van der Waals surface area contributed by atoms with E-state index in [9.17, 15) is 5.11 Å². The van der Waals surface area contributed by atoms with Gasteiger partial charge < -0.3 is 15.8 Å². The van der Waals surface area contributed by atoms with E-state index < -0.39 is 6.10 Å². The van der Waals surface area contributed by atoms with Crippen LogP contribution in [0.3, 0.4) is 0 Å². The van der Waals surface area contributed by atoms with E-state index in [-0.39, 0.29) is 6.54 Å². The molecule has 0 saturated heterocycles. The molecule has 2 rings (SSSR count). The molecule has 84 valence electrons. The number of nitrogens with one attached hydrogen (secondary N) is 1. The number of aromatic amines is 1. The van der Waals surface area contributed by atoms with Gasteiger partial charge in [0, 0.05) is 16.6 Å². The molecule has 1 aromatic heterocycles. The normalized spacial score (nSPS) is 12.7. The fourth-order valence-electron chi connectivity index (χ4n) is 1.42. The Bertz CT molecular complexity index is 484. The first-order valence-corrected chi connectivity index (χ1v) is 5.69. The summed E-state index contributed by atoms with van der Waals surface area (Å²) in [6.07, 6.45) is 0.955. The van der Waals surface area contributed by atoms with Gasteiger partial charge in [0.25, 0.3) is 0 Å². The van der Waals surface area contributed by atoms with Gasteiger partial charge in [-0.05, 0) is 12.1 Å². The number of imidazole rings is 1. The van der Waals surface area contributed by atoms with E-state index in [4.69, 9.17) is 5.73 Å². The van der Waals surface area contributed by atoms with Gasteiger partial charge in [0.15, 0.2) is 0 Å². The smallest absolute Gasteiger partial charge is 0.136 e. The van der Waals surface area contributed by atoms with Crippen LogP contribution in [0.2, 0.25) is 0 Å². The van der Waals surface area contributed by atoms with Crippen molar-refractivity contribution in [3.8, 4) is 11.3 Å². The van der Waals surface area contributed by atoms with Crippen LogP contribution in [0.15, 0.2) is 34.9 Å². The molecule has 0 aliphatic rings. The van der Waals surface area contributed by atoms with Crippen molar-refractivity contribution in [3.63, 3.8) is 0 Å². The summed E-state index contributed by atoms with van der Waals surface area (Å²) in [6.45, 7) is 0.158. The van der Waals surface area contributed by atoms with Crippen LogP contribution in [0.4, 0.5) is 0 Å². The molecule has 0 aliphatic carbocycles. The highest BCUT2D eigenvalue weighted by molar-refractivity contribution is 9.10. The number of H-pyrrole nitrogens is 1. The second-order valence-electron chi connectivity index (χ2n) is 3.44. The van der Waals surface area contributed by atoms with Gasteiger partial charge in [-0.15, -0.1) is 0 Å². The van der Waals surface area contributed by atoms with Crippen LogP contribution in [0, 0.1) is 0 Å². The monoisotopic (exact) mass is 281 g/mol. The van der Waals surface area contributed by atoms with Gasteiger partial charge in [0.1, 0.15) is 11.9 Å². The van der Waals surface area contributed by atoms with Crippen molar-refractivity contribution in [1.29, 1.82) is 0 Å². The standard InChI is InChI=1S/C11H12BrN3O/c12-8-3-1-2-7(4-8)9-6-14-11(15-9)10(16)5-13/h1-4,6,10,16H,5,13H2,(H,14,15). The molecule has 1 aromatic carbocycles. The minimum atomic E-state index is -0.735. The third-order valence-electron chi connectivity index (χ3n) is 2.27. The van der Waals surface area contributed by atoms with Crippen LogP contribution in [0.1, 0.15) is 11.9 Å². The number of aliphatic hydroxyl groups is 1. The van der Waals surface area contributed by atoms with Crippen molar-refractivity contribution >= 4 is 15.9 Å². The highest BCUT2D eigenvalue weighted by Crippen LogP contribution is 2.22. The summed E-state index contributed by atoms with van der Waals surface area (Å²) in [6, 6.07) is 7.85. The van der Waals surface area contributed by atoms with Gasteiger partial charge in [-0.25, -0.2) is 4.98 Å². The number of aromatic nitrogens is 2. The maximum Gasteiger partial charge on any atom is 0.136 e. The second-order valence-corrected chi connectivity index (χ2v) is 4.36. The van der Waals surface area contributed by atoms with E-state index in [1.807, 2.05) is 24.3 Å². The Labute approximate surface area is 102 Å². The maximum absolute atomic E-state index is 9.52. The van der Waals surface area contributed by atoms with E-state index >= 15 is 0 Å². The van der Waals surface area contributed by atoms with Crippen LogP contribution in [-0.2, 0) is 0 Å². The van der Waals surface area contributed by atoms with Crippen LogP contribution in [0.5, 0.6) is 0 Å². The summed E-state index contributed by atoms with van der Waals surface area (Å²) in [5.41, 5.74) is 7.23. The van der Waals surface area contributed by atoms with E-state index in [1.165, 1.54) is 0 Å². The number of hydrogen-bond acceptors (Lipinski definition) is 3. The van der Waals surface area contributed by atoms with E-state index in [0.29, 0.717) is 5.82 Å². The molecule has 4 nitrogen and oxygen atoms in total. The van der Waals surface area contributed by atoms with Gasteiger partial charge in [0.2, 0.25) is 0 Å². The Balaban J connectivity index is 2.31. The summed E-state index contributed by atoms with van der Waals surface area (Å²) in [7, 11) is 0. The molecule has 1 heterocycles. The number of nitrogens with zero attached hydrogens (tertiary/aromatic N) is 1. The molecule has 4 N–H and O–H groups in total. The lowest BCUT2D eigenvalue weighted by molar-refractivity contribution is 0.177. The first-order chi connectivity index (χ1) is 7.70. The first kappa shape index (κ1) is 11.3. The number of rotatable bonds is 3. The lowest BCUT2D eigenvalue weighted by Crippen LogP contribution is -2.12. The Morgan fingerprint density at radius 1 is 1.50 bits per heavy atom. The molecular formula is C11H12BrN3O. The average molecular weight is 282 g/mol. The average Bonchev–Trinajstić information content (AvgIpc) is 2.77. The zero-order valence-corrected chi connectivity index (χ0v) is 10.1. The van der Waals surface area contributed by atoms with Crippen LogP contribution in [-0.4, -0.2) is 21.6 Å². The Morgan fingerprint density at radius 2 is 2.31 bits per heavy atom. The quantitative estimate of drug-likeness (QED) is 0.804. The minimum absolute atomic E-state index is 0.158. The third-order valence-corrected chi connectivity index (χ3v) is 2.76. The summed E-state index contributed by atoms with van der Waals surface area (Å²) in [5, 5.41) is 9.52. The predicted molar refractivity (Wildman–Crippen MR) is 65.7 cm³/mol. The molecule has 1 atom stereocenters. The summed E-state index contributed by atoms with van der Waals surface area (Å²) in [4.78, 5) is 7.14. The molecule has 0 bridgehead atoms. The molecule has 0 radical (unpaired) electrons. The topological polar surface area (TPSA) is 74.9 Å². The van der Waals surface area contributed by atoms with Crippen molar-refractivity contribution in [1.82, 2.24) is 9.97 Å². The fraction of sp³-hybridized carbons (Fsp3) is 0.182. The summed E-state index contributed by atoms with van der Waals surface area (Å²) >= 11 is 3.41. The zero-order valence-electron chi connectivity index (χ0n) is 8.52. The Kier molecular flexibility index (Phi) is 3.38. The molecule has 2 aromatic rings. The molecule has 1 unspecified atom stereocenters. The zero-order chi connectivity index (χ0) is 11.5. The number of benzene rings is 1. The summed E-state index contributed by atoms with van der Waals surface area (Å²) < 4.78 is 1.00. The van der Waals surface area contributed by atoms with E-state index in [2.05, 4.69) is 25.9 Å². The van der Waals surface area contributed by atoms with Crippen molar-refractivity contribution < 1.29 is 5.11 Å². The van der Waals surface area contributed by atoms with Gasteiger partial charge in [-0.2, -0.15) is 0 Å². The number of nitrogens with two attached hydrogens (primary N) is 1. The predicted octanol–water partition coefficient (Wildman–Crippen LogP) is 1.83. The van der Waals surface area contributed by atoms with Gasteiger partial charge in [0.05, 0.1) is 11.9 Å². The second kappa shape index (κ2) is 4.78. The van der Waals surface area contributed by atoms with Gasteiger partial charge in [-0.1, -0.05) is 28.1 Å². The van der Waals surface area contributed by atoms with Gasteiger partial charge in [-0.3, -0.25) is 0 Å². The molecular weight excluding hydrogens is 270 g/mol. The van der Waals surface area contributed by atoms with E-state index in [0.717, 1.165) is 15.7 Å². The number of halogens is 1. The van der Waals surface area contributed by atoms with E-state index in [1.54, 1.807) is 6.20 Å². The third kappa shape index (κ3) is 2.32. The van der Waals surface area contributed by atoms with Crippen molar-refractivity contribution in [2.45, 2.75) is 6.10 Å². The minimum Gasteiger partial charge on any atom is -0.384 e. The van der Waals surface area contributed by atoms with Crippen molar-refractivity contribution in [2.24, 2.45) is 5.73 Å². The van der Waals surface area contributed by atoms with Crippen LogP contribution in [0.25, 0.3) is 11.3 Å². The van der Waals surface area contributed by atoms with Gasteiger partial charge >= 0.3 is 0 Å². The molecule has 0 saturated carbocycles. The number of hydrogen-bond donors (Lipinski definition) is 3. The molecule has 0 spiro atoms. The Hall–Kier alpha value is -1.17. The first-order valence-electron chi connectivity index (χ1n) is 4.89. The molecule has 5 heteroatoms. The van der Waals surface area contributed by atoms with Crippen LogP contribution < -0.4 is 5.73 Å². The molecule has 0 amide bonds. The molecule has 16 heavy (non-hydrogen) atoms. The SMILES string of the molecule is NCC(O)c1ncc(-c2cccc(Br)c2)[nH]1. The fourth-order valence-corrected chi connectivity index (χ4v) is 1.82. The van der Waals surface area contributed by atoms with Crippen molar-refractivity contribution in [2.75, 3.05) is 6.54 Å².